The molecule has 0 aliphatic carbocycles. The third-order valence-corrected chi connectivity index (χ3v) is 9.15. The van der Waals surface area contributed by atoms with Crippen molar-refractivity contribution in [2.75, 3.05) is 77.5 Å². The van der Waals surface area contributed by atoms with Gasteiger partial charge in [-0.1, -0.05) is 25.1 Å². The number of fused-ring (bicyclic) bond motifs is 2. The lowest BCUT2D eigenvalue weighted by Crippen LogP contribution is -2.50. The van der Waals surface area contributed by atoms with Crippen LogP contribution in [0.2, 0.25) is 0 Å². The minimum Gasteiger partial charge on any atom is -0.480 e. The van der Waals surface area contributed by atoms with Crippen LogP contribution in [-0.2, 0) is 43.4 Å². The number of hydrogen-bond acceptors (Lipinski definition) is 13. The number of carbonyl (C=O) groups excluding carboxylic acids is 2. The van der Waals surface area contributed by atoms with E-state index in [1.807, 2.05) is 37.3 Å². The van der Waals surface area contributed by atoms with Crippen molar-refractivity contribution in [2.45, 2.75) is 38.9 Å². The molecule has 0 saturated heterocycles. The van der Waals surface area contributed by atoms with Gasteiger partial charge in [-0.2, -0.15) is 0 Å². The van der Waals surface area contributed by atoms with Gasteiger partial charge in [0, 0.05) is 63.1 Å². The van der Waals surface area contributed by atoms with Crippen LogP contribution < -0.4 is 20.7 Å². The molecule has 2 heterocycles. The van der Waals surface area contributed by atoms with Crippen molar-refractivity contribution < 1.29 is 53.5 Å². The van der Waals surface area contributed by atoms with E-state index in [0.29, 0.717) is 47.3 Å². The molecule has 0 saturated carbocycles. The fraction of sp³-hybridized carbons (Fsp3) is 0.425. The molecular formula is C40H51N7O11S. The topological polar surface area (TPSA) is 232 Å². The third kappa shape index (κ3) is 17.3. The highest BCUT2D eigenvalue weighted by Crippen LogP contribution is 2.19. The summed E-state index contributed by atoms with van der Waals surface area (Å²) in [5.41, 5.74) is 3.26. The van der Waals surface area contributed by atoms with E-state index in [2.05, 4.69) is 16.0 Å². The van der Waals surface area contributed by atoms with Crippen LogP contribution >= 0.6 is 12.2 Å². The number of thiocarbonyl (C=S) groups is 1. The Kier molecular flexibility index (Phi) is 18.9. The van der Waals surface area contributed by atoms with Gasteiger partial charge in [0.1, 0.15) is 12.4 Å². The molecule has 1 aliphatic rings. The molecule has 1 aliphatic heterocycles. The molecule has 0 spiro atoms. The number of nitrogens with zero attached hydrogens (tertiary/aromatic N) is 4. The molecule has 1 unspecified atom stereocenters. The summed E-state index contributed by atoms with van der Waals surface area (Å²) in [5.74, 6) is -3.07. The van der Waals surface area contributed by atoms with Crippen LogP contribution in [0.3, 0.4) is 0 Å². The number of amides is 1. The molecule has 1 aromatic heterocycles. The van der Waals surface area contributed by atoms with Crippen LogP contribution in [0.4, 0.5) is 10.5 Å². The van der Waals surface area contributed by atoms with E-state index < -0.39 is 30.1 Å². The van der Waals surface area contributed by atoms with Crippen molar-refractivity contribution in [1.29, 1.82) is 0 Å². The number of pyridine rings is 1. The molecule has 1 amide bonds. The van der Waals surface area contributed by atoms with Gasteiger partial charge in [0.25, 0.3) is 5.91 Å². The Morgan fingerprint density at radius 2 is 1.44 bits per heavy atom. The van der Waals surface area contributed by atoms with Crippen molar-refractivity contribution in [3.8, 4) is 5.75 Å². The SMILES string of the molecule is CCCNC(=O)c1ccc(OC(=O)OCCOCCNC(=S)Nc2ccc(CC3CN(CC(=O)O)CCN(CC(=O)O)Cc4cccc(n4)CN3CC(=O)O)cc2)cc1. The molecule has 18 nitrogen and oxygen atoms in total. The number of carboxylic acid groups (broad SMARTS) is 3. The first-order valence-electron chi connectivity index (χ1n) is 19.1. The number of anilines is 1. The number of aliphatic carboxylic acids is 3. The molecule has 19 heteroatoms. The largest absolute Gasteiger partial charge is 0.513 e. The van der Waals surface area contributed by atoms with E-state index in [1.165, 1.54) is 12.1 Å². The highest BCUT2D eigenvalue weighted by atomic mass is 32.1. The van der Waals surface area contributed by atoms with Crippen molar-refractivity contribution >= 4 is 53.0 Å². The molecule has 2 bridgehead atoms. The van der Waals surface area contributed by atoms with Gasteiger partial charge in [-0.3, -0.25) is 38.9 Å². The quantitative estimate of drug-likeness (QED) is 0.0441. The number of hydrogen-bond donors (Lipinski definition) is 6. The van der Waals surface area contributed by atoms with Gasteiger partial charge in [0.15, 0.2) is 5.11 Å². The monoisotopic (exact) mass is 837 g/mol. The predicted molar refractivity (Wildman–Crippen MR) is 219 cm³/mol. The third-order valence-electron chi connectivity index (χ3n) is 8.90. The first kappa shape index (κ1) is 46.0. The number of benzene rings is 2. The lowest BCUT2D eigenvalue weighted by Gasteiger charge is -2.36. The molecular weight excluding hydrogens is 787 g/mol. The maximum absolute atomic E-state index is 12.1. The van der Waals surface area contributed by atoms with E-state index in [4.69, 9.17) is 31.4 Å². The summed E-state index contributed by atoms with van der Waals surface area (Å²) in [6, 6.07) is 18.5. The Bertz CT molecular complexity index is 1870. The van der Waals surface area contributed by atoms with E-state index in [0.717, 1.165) is 12.0 Å². The number of carbonyl (C=O) groups is 5. The second-order valence-electron chi connectivity index (χ2n) is 13.7. The van der Waals surface area contributed by atoms with Crippen LogP contribution in [0.5, 0.6) is 5.75 Å². The zero-order valence-corrected chi connectivity index (χ0v) is 33.7. The molecule has 59 heavy (non-hydrogen) atoms. The zero-order chi connectivity index (χ0) is 42.6. The van der Waals surface area contributed by atoms with Crippen LogP contribution in [0.25, 0.3) is 0 Å². The number of carboxylic acids is 3. The molecule has 6 N–H and O–H groups in total. The Morgan fingerprint density at radius 3 is 2.12 bits per heavy atom. The van der Waals surface area contributed by atoms with Gasteiger partial charge >= 0.3 is 24.1 Å². The van der Waals surface area contributed by atoms with Crippen LogP contribution in [0.1, 0.15) is 40.7 Å². The van der Waals surface area contributed by atoms with Gasteiger partial charge < -0.3 is 45.5 Å². The minimum absolute atomic E-state index is 0.0344. The number of rotatable bonds is 19. The van der Waals surface area contributed by atoms with Crippen LogP contribution in [-0.4, -0.2) is 148 Å². The second-order valence-corrected chi connectivity index (χ2v) is 14.1. The zero-order valence-electron chi connectivity index (χ0n) is 32.8. The highest BCUT2D eigenvalue weighted by molar-refractivity contribution is 7.80. The minimum atomic E-state index is -1.05. The van der Waals surface area contributed by atoms with Crippen molar-refractivity contribution in [1.82, 2.24) is 30.3 Å². The summed E-state index contributed by atoms with van der Waals surface area (Å²) in [5, 5.41) is 38.4. The molecule has 0 fully saturated rings. The lowest BCUT2D eigenvalue weighted by molar-refractivity contribution is -0.141. The lowest BCUT2D eigenvalue weighted by atomic mass is 10.0. The smallest absolute Gasteiger partial charge is 0.480 e. The van der Waals surface area contributed by atoms with E-state index in [9.17, 15) is 39.3 Å². The van der Waals surface area contributed by atoms with E-state index >= 15 is 0 Å². The van der Waals surface area contributed by atoms with Gasteiger partial charge in [-0.25, -0.2) is 4.79 Å². The summed E-state index contributed by atoms with van der Waals surface area (Å²) >= 11 is 5.42. The second kappa shape index (κ2) is 24.3. The first-order chi connectivity index (χ1) is 28.4. The number of ether oxygens (including phenoxy) is 3. The molecule has 318 valence electrons. The van der Waals surface area contributed by atoms with Crippen molar-refractivity contribution in [3.05, 3.63) is 89.2 Å². The van der Waals surface area contributed by atoms with Crippen LogP contribution in [0.15, 0.2) is 66.7 Å². The summed E-state index contributed by atoms with van der Waals surface area (Å²) in [7, 11) is 0. The van der Waals surface area contributed by atoms with Crippen molar-refractivity contribution in [3.63, 3.8) is 0 Å². The maximum atomic E-state index is 12.1. The fourth-order valence-electron chi connectivity index (χ4n) is 6.19. The average molecular weight is 838 g/mol. The Balaban J connectivity index is 1.26. The van der Waals surface area contributed by atoms with E-state index in [1.54, 1.807) is 39.0 Å². The van der Waals surface area contributed by atoms with Gasteiger partial charge in [0.05, 0.1) is 44.2 Å². The normalized spacial score (nSPS) is 15.2. The molecule has 4 rings (SSSR count). The summed E-state index contributed by atoms with van der Waals surface area (Å²) in [6.45, 7) is 3.55. The van der Waals surface area contributed by atoms with Crippen molar-refractivity contribution in [2.24, 2.45) is 0 Å². The standard InChI is InChI=1S/C40H51N7O11S/c1-2-14-41-38(54)29-8-12-34(13-9-29)58-40(55)57-20-19-56-18-15-42-39(59)44-30-10-6-28(7-11-30)21-33-24-46(26-36(50)51)17-16-45(25-35(48)49)22-31-4-3-5-32(43-31)23-47(33)27-37(52)53/h3-13,33H,2,14-27H2,1H3,(H,41,54)(H,48,49)(H,50,51)(H,52,53)(H2,42,44,59). The first-order valence-corrected chi connectivity index (χ1v) is 19.5. The molecule has 0 radical (unpaired) electrons. The Hall–Kier alpha value is -5.73. The Labute approximate surface area is 347 Å². The summed E-state index contributed by atoms with van der Waals surface area (Å²) < 4.78 is 15.7. The fourth-order valence-corrected chi connectivity index (χ4v) is 6.41. The summed E-state index contributed by atoms with van der Waals surface area (Å²) in [4.78, 5) is 69.5. The highest BCUT2D eigenvalue weighted by Gasteiger charge is 2.27. The number of nitrogens with one attached hydrogen (secondary N) is 3. The van der Waals surface area contributed by atoms with Gasteiger partial charge in [-0.15, -0.1) is 0 Å². The molecule has 3 aromatic rings. The summed E-state index contributed by atoms with van der Waals surface area (Å²) in [6.07, 6.45) is 0.307. The van der Waals surface area contributed by atoms with Crippen LogP contribution in [0, 0.1) is 0 Å². The average Bonchev–Trinajstić information content (AvgIpc) is 3.18. The predicted octanol–water partition coefficient (Wildman–Crippen LogP) is 2.52. The molecule has 1 atom stereocenters. The van der Waals surface area contributed by atoms with Gasteiger partial charge in [-0.05, 0) is 79.2 Å². The molecule has 2 aromatic carbocycles. The number of aromatic nitrogens is 1. The maximum Gasteiger partial charge on any atom is 0.513 e. The van der Waals surface area contributed by atoms with Gasteiger partial charge in [0.2, 0.25) is 0 Å². The van der Waals surface area contributed by atoms with E-state index in [-0.39, 0.29) is 83.8 Å². The Morgan fingerprint density at radius 1 is 0.780 bits per heavy atom.